The lowest BCUT2D eigenvalue weighted by atomic mass is 9.54. The van der Waals surface area contributed by atoms with E-state index in [2.05, 4.69) is 13.8 Å². The Bertz CT molecular complexity index is 728. The summed E-state index contributed by atoms with van der Waals surface area (Å²) in [6.45, 7) is 4.41. The van der Waals surface area contributed by atoms with Gasteiger partial charge in [0.15, 0.2) is 0 Å². The minimum Gasteiger partial charge on any atom is -0.299 e. The second kappa shape index (κ2) is 5.93. The molecule has 25 heavy (non-hydrogen) atoms. The van der Waals surface area contributed by atoms with E-state index >= 15 is 0 Å². The van der Waals surface area contributed by atoms with Crippen molar-refractivity contribution in [2.75, 3.05) is 0 Å². The first kappa shape index (κ1) is 16.7. The molecule has 0 radical (unpaired) electrons. The highest BCUT2D eigenvalue weighted by Gasteiger charge is 2.58. The highest BCUT2D eigenvalue weighted by atomic mass is 16.6. The number of fused-ring (bicyclic) bond motifs is 5. The van der Waals surface area contributed by atoms with Crippen molar-refractivity contribution in [2.24, 2.45) is 23.2 Å². The number of hydrogen-bond donors (Lipinski definition) is 0. The molecule has 4 nitrogen and oxygen atoms in total. The fraction of sp³-hybridized carbons (Fsp3) is 0.667. The quantitative estimate of drug-likeness (QED) is 0.571. The molecule has 1 aromatic carbocycles. The summed E-state index contributed by atoms with van der Waals surface area (Å²) in [6, 6.07) is 5.42. The van der Waals surface area contributed by atoms with Crippen LogP contribution in [0.5, 0.6) is 0 Å². The number of hydrogen-bond acceptors (Lipinski definition) is 3. The van der Waals surface area contributed by atoms with E-state index in [0.29, 0.717) is 29.5 Å². The molecule has 5 unspecified atom stereocenters. The Balaban J connectivity index is 1.73. The van der Waals surface area contributed by atoms with E-state index in [1.807, 2.05) is 12.1 Å². The molecule has 3 aliphatic rings. The molecule has 4 rings (SSSR count). The predicted octanol–water partition coefficient (Wildman–Crippen LogP) is 5.05. The summed E-state index contributed by atoms with van der Waals surface area (Å²) in [6.07, 6.45) is 7.08. The summed E-state index contributed by atoms with van der Waals surface area (Å²) in [5, 5.41) is 11.2. The van der Waals surface area contributed by atoms with E-state index in [1.54, 1.807) is 6.07 Å². The maximum Gasteiger partial charge on any atom is 0.269 e. The van der Waals surface area contributed by atoms with Gasteiger partial charge >= 0.3 is 0 Å². The van der Waals surface area contributed by atoms with Crippen LogP contribution in [-0.4, -0.2) is 10.7 Å². The van der Waals surface area contributed by atoms with Gasteiger partial charge in [0, 0.05) is 24.0 Å². The molecule has 134 valence electrons. The van der Waals surface area contributed by atoms with Crippen LogP contribution in [0.4, 0.5) is 5.69 Å². The van der Waals surface area contributed by atoms with Crippen LogP contribution < -0.4 is 0 Å². The van der Waals surface area contributed by atoms with Crippen LogP contribution in [0.2, 0.25) is 0 Å². The van der Waals surface area contributed by atoms with Gasteiger partial charge in [-0.2, -0.15) is 0 Å². The van der Waals surface area contributed by atoms with Crippen LogP contribution in [0.25, 0.3) is 0 Å². The van der Waals surface area contributed by atoms with Gasteiger partial charge in [0.2, 0.25) is 0 Å². The normalized spacial score (nSPS) is 36.5. The molecule has 2 saturated carbocycles. The van der Waals surface area contributed by atoms with Crippen molar-refractivity contribution in [1.82, 2.24) is 0 Å². The number of ketones is 1. The largest absolute Gasteiger partial charge is 0.299 e. The van der Waals surface area contributed by atoms with Gasteiger partial charge in [0.25, 0.3) is 5.69 Å². The number of non-ortho nitro benzene ring substituents is 1. The van der Waals surface area contributed by atoms with Gasteiger partial charge in [0.1, 0.15) is 5.78 Å². The number of Topliss-reactive ketones (excluding diaryl/α,β-unsaturated/α-hetero) is 1. The summed E-state index contributed by atoms with van der Waals surface area (Å²) in [5.41, 5.74) is 2.54. The number of nitrogens with zero attached hydrogens (tertiary/aromatic N) is 1. The van der Waals surface area contributed by atoms with Crippen molar-refractivity contribution in [1.29, 1.82) is 0 Å². The molecule has 0 saturated heterocycles. The van der Waals surface area contributed by atoms with Crippen LogP contribution in [-0.2, 0) is 11.2 Å². The van der Waals surface area contributed by atoms with E-state index in [-0.39, 0.29) is 16.0 Å². The Hall–Kier alpha value is -1.71. The number of carbonyl (C=O) groups excluding carboxylic acids is 1. The Morgan fingerprint density at radius 1 is 1.32 bits per heavy atom. The van der Waals surface area contributed by atoms with Crippen molar-refractivity contribution in [3.8, 4) is 0 Å². The lowest BCUT2D eigenvalue weighted by molar-refractivity contribution is -0.385. The minimum atomic E-state index is -0.282. The van der Waals surface area contributed by atoms with Crippen LogP contribution in [0, 0.1) is 33.3 Å². The molecule has 0 spiro atoms. The smallest absolute Gasteiger partial charge is 0.269 e. The molecule has 3 aliphatic carbocycles. The van der Waals surface area contributed by atoms with Gasteiger partial charge in [-0.25, -0.2) is 0 Å². The van der Waals surface area contributed by atoms with Gasteiger partial charge in [0.05, 0.1) is 4.92 Å². The fourth-order valence-electron chi connectivity index (χ4n) is 6.36. The monoisotopic (exact) mass is 341 g/mol. The topological polar surface area (TPSA) is 60.2 Å². The third kappa shape index (κ3) is 2.44. The Morgan fingerprint density at radius 3 is 2.84 bits per heavy atom. The Labute approximate surface area is 149 Å². The van der Waals surface area contributed by atoms with Crippen LogP contribution in [0.1, 0.15) is 69.4 Å². The number of nitro groups is 1. The van der Waals surface area contributed by atoms with Gasteiger partial charge in [-0.15, -0.1) is 0 Å². The number of nitro benzene ring substituents is 1. The molecule has 0 aliphatic heterocycles. The third-order valence-corrected chi connectivity index (χ3v) is 7.43. The zero-order valence-electron chi connectivity index (χ0n) is 15.2. The second-order valence-electron chi connectivity index (χ2n) is 8.61. The average Bonchev–Trinajstić information content (AvgIpc) is 2.85. The Morgan fingerprint density at radius 2 is 2.12 bits per heavy atom. The summed E-state index contributed by atoms with van der Waals surface area (Å²) < 4.78 is 0. The zero-order valence-corrected chi connectivity index (χ0v) is 15.2. The van der Waals surface area contributed by atoms with Gasteiger partial charge in [-0.05, 0) is 66.9 Å². The Kier molecular flexibility index (Phi) is 3.97. The first-order valence-corrected chi connectivity index (χ1v) is 9.76. The average molecular weight is 341 g/mol. The SMILES string of the molecule is CCCC1CC(=O)C2(C)CCC3c4cc([N+](=O)[O-])ccc4CCC3C12. The summed E-state index contributed by atoms with van der Waals surface area (Å²) in [7, 11) is 0. The molecular weight excluding hydrogens is 314 g/mol. The van der Waals surface area contributed by atoms with E-state index in [0.717, 1.165) is 44.9 Å². The lowest BCUT2D eigenvalue weighted by Gasteiger charge is -2.49. The highest BCUT2D eigenvalue weighted by molar-refractivity contribution is 5.87. The molecule has 0 aromatic heterocycles. The third-order valence-electron chi connectivity index (χ3n) is 7.43. The molecule has 0 heterocycles. The van der Waals surface area contributed by atoms with Crippen molar-refractivity contribution in [3.05, 3.63) is 39.4 Å². The van der Waals surface area contributed by atoms with Crippen LogP contribution in [0.3, 0.4) is 0 Å². The summed E-state index contributed by atoms with van der Waals surface area (Å²) >= 11 is 0. The number of aryl methyl sites for hydroxylation is 1. The summed E-state index contributed by atoms with van der Waals surface area (Å²) in [4.78, 5) is 23.7. The standard InChI is InChI=1S/C21H27NO3/c1-3-4-14-11-19(23)21(2)10-9-16-17(20(14)21)8-6-13-5-7-15(22(24)25)12-18(13)16/h5,7,12,14,16-17,20H,3-4,6,8-11H2,1-2H3. The molecular formula is C21H27NO3. The zero-order chi connectivity index (χ0) is 17.8. The van der Waals surface area contributed by atoms with Gasteiger partial charge in [-0.3, -0.25) is 14.9 Å². The first-order valence-electron chi connectivity index (χ1n) is 9.76. The van der Waals surface area contributed by atoms with Crippen LogP contribution >= 0.6 is 0 Å². The van der Waals surface area contributed by atoms with Gasteiger partial charge in [-0.1, -0.05) is 26.3 Å². The highest BCUT2D eigenvalue weighted by Crippen LogP contribution is 2.62. The van der Waals surface area contributed by atoms with E-state index in [1.165, 1.54) is 11.1 Å². The number of carbonyl (C=O) groups is 1. The van der Waals surface area contributed by atoms with Crippen molar-refractivity contribution in [3.63, 3.8) is 0 Å². The number of benzene rings is 1. The van der Waals surface area contributed by atoms with Crippen molar-refractivity contribution < 1.29 is 9.72 Å². The maximum absolute atomic E-state index is 12.8. The van der Waals surface area contributed by atoms with Crippen molar-refractivity contribution >= 4 is 11.5 Å². The van der Waals surface area contributed by atoms with Crippen molar-refractivity contribution in [2.45, 2.75) is 64.7 Å². The number of rotatable bonds is 3. The van der Waals surface area contributed by atoms with E-state index in [9.17, 15) is 14.9 Å². The fourth-order valence-corrected chi connectivity index (χ4v) is 6.36. The van der Waals surface area contributed by atoms with Gasteiger partial charge < -0.3 is 0 Å². The molecule has 2 fully saturated rings. The minimum absolute atomic E-state index is 0.154. The predicted molar refractivity (Wildman–Crippen MR) is 96.5 cm³/mol. The van der Waals surface area contributed by atoms with Crippen LogP contribution in [0.15, 0.2) is 18.2 Å². The lowest BCUT2D eigenvalue weighted by Crippen LogP contribution is -2.44. The first-order chi connectivity index (χ1) is 12.0. The molecule has 0 bridgehead atoms. The second-order valence-corrected chi connectivity index (χ2v) is 8.61. The van der Waals surface area contributed by atoms with E-state index in [4.69, 9.17) is 0 Å². The molecule has 1 aromatic rings. The molecule has 0 amide bonds. The molecule has 5 atom stereocenters. The molecule has 0 N–H and O–H groups in total. The maximum atomic E-state index is 12.8. The molecule has 4 heteroatoms. The van der Waals surface area contributed by atoms with E-state index < -0.39 is 0 Å². The summed E-state index contributed by atoms with van der Waals surface area (Å²) in [5.74, 6) is 2.35.